The van der Waals surface area contributed by atoms with Crippen molar-refractivity contribution in [3.63, 3.8) is 0 Å². The maximum atomic E-state index is 12.3. The van der Waals surface area contributed by atoms with Crippen LogP contribution in [0.5, 0.6) is 0 Å². The van der Waals surface area contributed by atoms with Gasteiger partial charge in [-0.1, -0.05) is 42.5 Å². The zero-order valence-electron chi connectivity index (χ0n) is 14.8. The summed E-state index contributed by atoms with van der Waals surface area (Å²) in [4.78, 5) is 25.8. The minimum absolute atomic E-state index is 0.102. The molecule has 3 aromatic rings. The first-order chi connectivity index (χ1) is 12.5. The molecule has 2 N–H and O–H groups in total. The fraction of sp³-hybridized carbons (Fsp3) is 0.143. The average Bonchev–Trinajstić information content (AvgIpc) is 2.65. The first kappa shape index (κ1) is 17.5. The predicted octanol–water partition coefficient (Wildman–Crippen LogP) is 3.59. The van der Waals surface area contributed by atoms with Crippen LogP contribution in [0.3, 0.4) is 0 Å². The molecule has 3 aromatic carbocycles. The summed E-state index contributed by atoms with van der Waals surface area (Å²) in [5, 5.41) is 8.19. The molecular formula is C21H21N3O2. The number of rotatable bonds is 5. The van der Waals surface area contributed by atoms with Crippen LogP contribution in [-0.2, 0) is 4.79 Å². The van der Waals surface area contributed by atoms with Crippen LogP contribution in [0.15, 0.2) is 66.7 Å². The van der Waals surface area contributed by atoms with Gasteiger partial charge in [0.1, 0.15) is 0 Å². The van der Waals surface area contributed by atoms with Crippen molar-refractivity contribution >= 4 is 34.0 Å². The lowest BCUT2D eigenvalue weighted by Crippen LogP contribution is -2.23. The van der Waals surface area contributed by atoms with Crippen LogP contribution in [0.25, 0.3) is 10.8 Å². The third-order valence-corrected chi connectivity index (χ3v) is 4.03. The summed E-state index contributed by atoms with van der Waals surface area (Å²) < 4.78 is 0. The predicted molar refractivity (Wildman–Crippen MR) is 106 cm³/mol. The molecule has 132 valence electrons. The number of fused-ring (bicyclic) bond motifs is 1. The highest BCUT2D eigenvalue weighted by atomic mass is 16.2. The first-order valence-electron chi connectivity index (χ1n) is 8.38. The second kappa shape index (κ2) is 7.70. The molecule has 0 aliphatic rings. The molecule has 5 heteroatoms. The van der Waals surface area contributed by atoms with Gasteiger partial charge in [0.25, 0.3) is 5.91 Å². The highest BCUT2D eigenvalue weighted by Gasteiger charge is 2.10. The molecule has 0 atom stereocenters. The Morgan fingerprint density at radius 1 is 0.923 bits per heavy atom. The Labute approximate surface area is 152 Å². The highest BCUT2D eigenvalue weighted by molar-refractivity contribution is 5.99. The minimum atomic E-state index is -0.174. The van der Waals surface area contributed by atoms with Gasteiger partial charge in [-0.15, -0.1) is 0 Å². The van der Waals surface area contributed by atoms with Crippen LogP contribution >= 0.6 is 0 Å². The Kier molecular flexibility index (Phi) is 5.17. The number of hydrogen-bond acceptors (Lipinski definition) is 3. The van der Waals surface area contributed by atoms with E-state index in [9.17, 15) is 9.59 Å². The van der Waals surface area contributed by atoms with E-state index in [0.29, 0.717) is 11.3 Å². The van der Waals surface area contributed by atoms with Crippen molar-refractivity contribution in [2.45, 2.75) is 0 Å². The molecule has 0 fully saturated rings. The van der Waals surface area contributed by atoms with Crippen molar-refractivity contribution in [2.75, 3.05) is 31.3 Å². The third-order valence-electron chi connectivity index (χ3n) is 4.03. The van der Waals surface area contributed by atoms with Crippen molar-refractivity contribution in [1.82, 2.24) is 4.90 Å². The SMILES string of the molecule is CN(C)C(=O)c1cccc(NC(=O)CNc2cccc3ccccc23)c1. The molecular weight excluding hydrogens is 326 g/mol. The average molecular weight is 347 g/mol. The van der Waals surface area contributed by atoms with Gasteiger partial charge in [-0.3, -0.25) is 9.59 Å². The number of hydrogen-bond donors (Lipinski definition) is 2. The number of carbonyl (C=O) groups is 2. The van der Waals surface area contributed by atoms with Crippen LogP contribution in [-0.4, -0.2) is 37.4 Å². The molecule has 5 nitrogen and oxygen atoms in total. The largest absolute Gasteiger partial charge is 0.376 e. The molecule has 3 rings (SSSR count). The fourth-order valence-electron chi connectivity index (χ4n) is 2.75. The van der Waals surface area contributed by atoms with E-state index in [1.165, 1.54) is 4.90 Å². The van der Waals surface area contributed by atoms with Gasteiger partial charge in [0.2, 0.25) is 5.91 Å². The second-order valence-corrected chi connectivity index (χ2v) is 6.21. The summed E-state index contributed by atoms with van der Waals surface area (Å²) >= 11 is 0. The van der Waals surface area contributed by atoms with Gasteiger partial charge in [0.05, 0.1) is 6.54 Å². The van der Waals surface area contributed by atoms with Crippen molar-refractivity contribution in [3.8, 4) is 0 Å². The molecule has 0 saturated heterocycles. The lowest BCUT2D eigenvalue weighted by atomic mass is 10.1. The Bertz CT molecular complexity index is 945. The topological polar surface area (TPSA) is 61.4 Å². The van der Waals surface area contributed by atoms with E-state index in [0.717, 1.165) is 16.5 Å². The Morgan fingerprint density at radius 2 is 1.65 bits per heavy atom. The lowest BCUT2D eigenvalue weighted by molar-refractivity contribution is -0.114. The van der Waals surface area contributed by atoms with E-state index in [1.54, 1.807) is 38.4 Å². The zero-order chi connectivity index (χ0) is 18.5. The van der Waals surface area contributed by atoms with Crippen LogP contribution < -0.4 is 10.6 Å². The molecule has 0 heterocycles. The van der Waals surface area contributed by atoms with Crippen LogP contribution in [0.1, 0.15) is 10.4 Å². The monoisotopic (exact) mass is 347 g/mol. The third kappa shape index (κ3) is 4.00. The summed E-state index contributed by atoms with van der Waals surface area (Å²) in [6.45, 7) is 0.139. The Morgan fingerprint density at radius 3 is 2.46 bits per heavy atom. The van der Waals surface area contributed by atoms with Crippen molar-refractivity contribution < 1.29 is 9.59 Å². The molecule has 2 amide bonds. The fourth-order valence-corrected chi connectivity index (χ4v) is 2.75. The number of nitrogens with one attached hydrogen (secondary N) is 2. The second-order valence-electron chi connectivity index (χ2n) is 6.21. The zero-order valence-corrected chi connectivity index (χ0v) is 14.8. The molecule has 0 bridgehead atoms. The maximum Gasteiger partial charge on any atom is 0.253 e. The molecule has 0 saturated carbocycles. The molecule has 0 spiro atoms. The Hall–Kier alpha value is -3.34. The molecule has 0 aliphatic heterocycles. The number of benzene rings is 3. The summed E-state index contributed by atoms with van der Waals surface area (Å²) in [7, 11) is 3.39. The Balaban J connectivity index is 1.66. The van der Waals surface area contributed by atoms with E-state index in [4.69, 9.17) is 0 Å². The summed E-state index contributed by atoms with van der Waals surface area (Å²) in [6, 6.07) is 20.9. The molecule has 0 aliphatic carbocycles. The number of carbonyl (C=O) groups excluding carboxylic acids is 2. The van der Waals surface area contributed by atoms with Gasteiger partial charge in [0, 0.05) is 36.4 Å². The summed E-state index contributed by atoms with van der Waals surface area (Å²) in [5.74, 6) is -0.276. The van der Waals surface area contributed by atoms with E-state index in [-0.39, 0.29) is 18.4 Å². The lowest BCUT2D eigenvalue weighted by Gasteiger charge is -2.12. The highest BCUT2D eigenvalue weighted by Crippen LogP contribution is 2.22. The van der Waals surface area contributed by atoms with Gasteiger partial charge < -0.3 is 15.5 Å². The molecule has 26 heavy (non-hydrogen) atoms. The van der Waals surface area contributed by atoms with E-state index in [2.05, 4.69) is 10.6 Å². The van der Waals surface area contributed by atoms with E-state index < -0.39 is 0 Å². The van der Waals surface area contributed by atoms with Crippen molar-refractivity contribution in [2.24, 2.45) is 0 Å². The summed E-state index contributed by atoms with van der Waals surface area (Å²) in [6.07, 6.45) is 0. The summed E-state index contributed by atoms with van der Waals surface area (Å²) in [5.41, 5.74) is 2.05. The quantitative estimate of drug-likeness (QED) is 0.741. The molecule has 0 unspecified atom stereocenters. The first-order valence-corrected chi connectivity index (χ1v) is 8.38. The van der Waals surface area contributed by atoms with Crippen LogP contribution in [0.2, 0.25) is 0 Å². The van der Waals surface area contributed by atoms with Crippen LogP contribution in [0.4, 0.5) is 11.4 Å². The minimum Gasteiger partial charge on any atom is -0.376 e. The van der Waals surface area contributed by atoms with E-state index >= 15 is 0 Å². The van der Waals surface area contributed by atoms with Gasteiger partial charge in [-0.2, -0.15) is 0 Å². The van der Waals surface area contributed by atoms with Crippen molar-refractivity contribution in [1.29, 1.82) is 0 Å². The molecule has 0 radical (unpaired) electrons. The van der Waals surface area contributed by atoms with Gasteiger partial charge in [0.15, 0.2) is 0 Å². The van der Waals surface area contributed by atoms with Gasteiger partial charge >= 0.3 is 0 Å². The van der Waals surface area contributed by atoms with Gasteiger partial charge in [-0.25, -0.2) is 0 Å². The van der Waals surface area contributed by atoms with Crippen LogP contribution in [0, 0.1) is 0 Å². The smallest absolute Gasteiger partial charge is 0.253 e. The standard InChI is InChI=1S/C21H21N3O2/c1-24(2)21(26)16-9-5-10-17(13-16)23-20(25)14-22-19-12-6-8-15-7-3-4-11-18(15)19/h3-13,22H,14H2,1-2H3,(H,23,25). The number of anilines is 2. The normalized spacial score (nSPS) is 10.4. The number of amides is 2. The van der Waals surface area contributed by atoms with E-state index in [1.807, 2.05) is 42.5 Å². The molecule has 0 aromatic heterocycles. The number of nitrogens with zero attached hydrogens (tertiary/aromatic N) is 1. The van der Waals surface area contributed by atoms with Crippen molar-refractivity contribution in [3.05, 3.63) is 72.3 Å². The van der Waals surface area contributed by atoms with Gasteiger partial charge in [-0.05, 0) is 29.7 Å². The maximum absolute atomic E-state index is 12.3.